The van der Waals surface area contributed by atoms with Gasteiger partial charge in [0.25, 0.3) is 0 Å². The summed E-state index contributed by atoms with van der Waals surface area (Å²) in [4.78, 5) is 6.17. The van der Waals surface area contributed by atoms with Gasteiger partial charge in [0.2, 0.25) is 5.89 Å². The summed E-state index contributed by atoms with van der Waals surface area (Å²) < 4.78 is 7.75. The molecule has 0 radical (unpaired) electrons. The van der Waals surface area contributed by atoms with Crippen LogP contribution < -0.4 is 4.90 Å². The maximum atomic E-state index is 5.76. The van der Waals surface area contributed by atoms with Crippen LogP contribution in [0.3, 0.4) is 0 Å². The topological polar surface area (TPSA) is 59.5 Å². The van der Waals surface area contributed by atoms with Crippen molar-refractivity contribution in [1.82, 2.24) is 19.6 Å². The number of imidazole rings is 1. The molecule has 0 saturated carbocycles. The SMILES string of the molecule is CN(Cc1ccc2nccn2c1)c1nnc(-c2ccccc2)o1. The number of nitrogens with zero attached hydrogens (tertiary/aromatic N) is 5. The second kappa shape index (κ2) is 5.57. The van der Waals surface area contributed by atoms with Crippen molar-refractivity contribution >= 4 is 11.7 Å². The molecule has 0 fully saturated rings. The van der Waals surface area contributed by atoms with E-state index in [1.165, 1.54) is 0 Å². The molecule has 0 aliphatic carbocycles. The molecule has 6 heteroatoms. The summed E-state index contributed by atoms with van der Waals surface area (Å²) in [5.74, 6) is 0.525. The second-order valence-corrected chi connectivity index (χ2v) is 5.34. The van der Waals surface area contributed by atoms with Gasteiger partial charge in [-0.1, -0.05) is 29.4 Å². The van der Waals surface area contributed by atoms with Crippen molar-refractivity contribution in [3.63, 3.8) is 0 Å². The number of hydrogen-bond donors (Lipinski definition) is 0. The minimum absolute atomic E-state index is 0.495. The number of benzene rings is 1. The molecule has 0 amide bonds. The highest BCUT2D eigenvalue weighted by Gasteiger charge is 2.12. The molecular formula is C17H15N5O. The first-order valence-electron chi connectivity index (χ1n) is 7.31. The van der Waals surface area contributed by atoms with Gasteiger partial charge in [0.05, 0.1) is 0 Å². The van der Waals surface area contributed by atoms with Gasteiger partial charge in [0.1, 0.15) is 5.65 Å². The van der Waals surface area contributed by atoms with Gasteiger partial charge in [-0.15, -0.1) is 5.10 Å². The quantitative estimate of drug-likeness (QED) is 0.580. The van der Waals surface area contributed by atoms with Crippen LogP contribution in [0.2, 0.25) is 0 Å². The lowest BCUT2D eigenvalue weighted by molar-refractivity contribution is 0.554. The fraction of sp³-hybridized carbons (Fsp3) is 0.118. The van der Waals surface area contributed by atoms with E-state index in [1.54, 1.807) is 6.20 Å². The number of hydrogen-bond acceptors (Lipinski definition) is 5. The largest absolute Gasteiger partial charge is 0.403 e. The highest BCUT2D eigenvalue weighted by molar-refractivity contribution is 5.53. The summed E-state index contributed by atoms with van der Waals surface area (Å²) in [5, 5.41) is 8.25. The van der Waals surface area contributed by atoms with Crippen LogP contribution in [0.15, 0.2) is 65.5 Å². The molecular weight excluding hydrogens is 290 g/mol. The summed E-state index contributed by atoms with van der Waals surface area (Å²) in [6.45, 7) is 0.671. The molecule has 0 unspecified atom stereocenters. The van der Waals surface area contributed by atoms with Crippen LogP contribution in [0, 0.1) is 0 Å². The summed E-state index contributed by atoms with van der Waals surface area (Å²) in [6.07, 6.45) is 5.76. The summed E-state index contributed by atoms with van der Waals surface area (Å²) >= 11 is 0. The molecule has 3 aromatic heterocycles. The van der Waals surface area contributed by atoms with Gasteiger partial charge in [0.15, 0.2) is 0 Å². The van der Waals surface area contributed by atoms with Crippen LogP contribution in [0.25, 0.3) is 17.1 Å². The fourth-order valence-corrected chi connectivity index (χ4v) is 2.47. The molecule has 0 N–H and O–H groups in total. The van der Waals surface area contributed by atoms with Crippen molar-refractivity contribution < 1.29 is 4.42 Å². The maximum Gasteiger partial charge on any atom is 0.318 e. The van der Waals surface area contributed by atoms with Crippen molar-refractivity contribution in [2.45, 2.75) is 6.54 Å². The Morgan fingerprint density at radius 1 is 1.09 bits per heavy atom. The van der Waals surface area contributed by atoms with E-state index >= 15 is 0 Å². The Bertz CT molecular complexity index is 928. The van der Waals surface area contributed by atoms with Crippen molar-refractivity contribution in [3.05, 3.63) is 66.6 Å². The van der Waals surface area contributed by atoms with Crippen molar-refractivity contribution in [3.8, 4) is 11.5 Å². The minimum atomic E-state index is 0.495. The Hall–Kier alpha value is -3.15. The minimum Gasteiger partial charge on any atom is -0.403 e. The molecule has 0 saturated heterocycles. The molecule has 0 atom stereocenters. The fourth-order valence-electron chi connectivity index (χ4n) is 2.47. The first-order chi connectivity index (χ1) is 11.3. The van der Waals surface area contributed by atoms with Gasteiger partial charge in [-0.2, -0.15) is 0 Å². The summed E-state index contributed by atoms with van der Waals surface area (Å²) in [5.41, 5.74) is 2.98. The van der Waals surface area contributed by atoms with Crippen LogP contribution in [0.1, 0.15) is 5.56 Å². The summed E-state index contributed by atoms with van der Waals surface area (Å²) in [6, 6.07) is 14.3. The molecule has 0 spiro atoms. The van der Waals surface area contributed by atoms with Gasteiger partial charge in [-0.05, 0) is 23.8 Å². The van der Waals surface area contributed by atoms with E-state index in [-0.39, 0.29) is 0 Å². The zero-order chi connectivity index (χ0) is 15.6. The van der Waals surface area contributed by atoms with E-state index in [1.807, 2.05) is 71.2 Å². The number of fused-ring (bicyclic) bond motifs is 1. The average Bonchev–Trinajstić information content (AvgIpc) is 3.24. The Balaban J connectivity index is 1.55. The lowest BCUT2D eigenvalue weighted by Gasteiger charge is -2.13. The predicted octanol–water partition coefficient (Wildman–Crippen LogP) is 3.02. The Labute approximate surface area is 133 Å². The van der Waals surface area contributed by atoms with Gasteiger partial charge in [0, 0.05) is 37.7 Å². The number of anilines is 1. The molecule has 23 heavy (non-hydrogen) atoms. The van der Waals surface area contributed by atoms with Crippen LogP contribution >= 0.6 is 0 Å². The van der Waals surface area contributed by atoms with E-state index in [4.69, 9.17) is 4.42 Å². The highest BCUT2D eigenvalue weighted by atomic mass is 16.4. The monoisotopic (exact) mass is 305 g/mol. The van der Waals surface area contributed by atoms with Crippen LogP contribution in [0.4, 0.5) is 6.01 Å². The zero-order valence-electron chi connectivity index (χ0n) is 12.6. The van der Waals surface area contributed by atoms with E-state index in [0.29, 0.717) is 18.5 Å². The van der Waals surface area contributed by atoms with E-state index < -0.39 is 0 Å². The van der Waals surface area contributed by atoms with Gasteiger partial charge in [-0.25, -0.2) is 4.98 Å². The standard InChI is InChI=1S/C17H15N5O/c1-21(11-13-7-8-15-18-9-10-22(15)12-13)17-20-19-16(23-17)14-5-3-2-4-6-14/h2-10,12H,11H2,1H3. The van der Waals surface area contributed by atoms with Crippen LogP contribution in [-0.2, 0) is 6.54 Å². The summed E-state index contributed by atoms with van der Waals surface area (Å²) in [7, 11) is 1.93. The van der Waals surface area contributed by atoms with Crippen LogP contribution in [0.5, 0.6) is 0 Å². The van der Waals surface area contributed by atoms with E-state index in [9.17, 15) is 0 Å². The van der Waals surface area contributed by atoms with Crippen LogP contribution in [-0.4, -0.2) is 26.6 Å². The normalized spacial score (nSPS) is 11.0. The molecule has 0 bridgehead atoms. The molecule has 1 aromatic carbocycles. The Morgan fingerprint density at radius 3 is 2.83 bits per heavy atom. The third kappa shape index (κ3) is 2.66. The Morgan fingerprint density at radius 2 is 1.96 bits per heavy atom. The molecule has 4 aromatic rings. The first-order valence-corrected chi connectivity index (χ1v) is 7.31. The molecule has 0 aliphatic heterocycles. The van der Waals surface area contributed by atoms with Gasteiger partial charge < -0.3 is 13.7 Å². The molecule has 0 aliphatic rings. The lowest BCUT2D eigenvalue weighted by Crippen LogP contribution is -2.17. The van der Waals surface area contributed by atoms with Crippen molar-refractivity contribution in [2.75, 3.05) is 11.9 Å². The predicted molar refractivity (Wildman–Crippen MR) is 87.0 cm³/mol. The van der Waals surface area contributed by atoms with Crippen molar-refractivity contribution in [1.29, 1.82) is 0 Å². The number of rotatable bonds is 4. The third-order valence-corrected chi connectivity index (χ3v) is 3.63. The van der Waals surface area contributed by atoms with E-state index in [0.717, 1.165) is 16.8 Å². The van der Waals surface area contributed by atoms with Crippen molar-refractivity contribution in [2.24, 2.45) is 0 Å². The van der Waals surface area contributed by atoms with E-state index in [2.05, 4.69) is 15.2 Å². The maximum absolute atomic E-state index is 5.76. The highest BCUT2D eigenvalue weighted by Crippen LogP contribution is 2.21. The first kappa shape index (κ1) is 13.5. The molecule has 3 heterocycles. The number of pyridine rings is 1. The zero-order valence-corrected chi connectivity index (χ0v) is 12.6. The molecule has 6 nitrogen and oxygen atoms in total. The Kier molecular flexibility index (Phi) is 3.27. The number of aromatic nitrogens is 4. The average molecular weight is 305 g/mol. The van der Waals surface area contributed by atoms with Gasteiger partial charge >= 0.3 is 6.01 Å². The molecule has 4 rings (SSSR count). The molecule has 114 valence electrons. The third-order valence-electron chi connectivity index (χ3n) is 3.63. The lowest BCUT2D eigenvalue weighted by atomic mass is 10.2. The van der Waals surface area contributed by atoms with Gasteiger partial charge in [-0.3, -0.25) is 0 Å². The smallest absolute Gasteiger partial charge is 0.318 e. The second-order valence-electron chi connectivity index (χ2n) is 5.34.